The van der Waals surface area contributed by atoms with E-state index in [4.69, 9.17) is 9.72 Å². The van der Waals surface area contributed by atoms with Crippen molar-refractivity contribution >= 4 is 28.4 Å². The Morgan fingerprint density at radius 1 is 1.03 bits per heavy atom. The normalized spacial score (nSPS) is 14.3. The molecule has 0 saturated carbocycles. The van der Waals surface area contributed by atoms with Gasteiger partial charge in [-0.05, 0) is 30.3 Å². The van der Waals surface area contributed by atoms with Crippen LogP contribution < -0.4 is 9.64 Å². The maximum absolute atomic E-state index is 11.4. The number of aromatic nitrogens is 1. The molecule has 1 aliphatic heterocycles. The lowest BCUT2D eigenvalue weighted by Crippen LogP contribution is -2.46. The van der Waals surface area contributed by atoms with E-state index in [2.05, 4.69) is 4.90 Å². The Bertz CT molecular complexity index is 1130. The van der Waals surface area contributed by atoms with E-state index >= 15 is 0 Å². The third-order valence-electron chi connectivity index (χ3n) is 5.35. The highest BCUT2D eigenvalue weighted by molar-refractivity contribution is 7.13. The Hall–Kier alpha value is -3.57. The third-order valence-corrected chi connectivity index (χ3v) is 6.29. The summed E-state index contributed by atoms with van der Waals surface area (Å²) in [4.78, 5) is 30.1. The maximum atomic E-state index is 11.4. The number of nitrogens with zero attached hydrogens (tertiary/aromatic N) is 5. The molecule has 1 aliphatic rings. The number of nitro benzene ring substituents is 2. The molecule has 0 aliphatic carbocycles. The quantitative estimate of drug-likeness (QED) is 0.388. The number of hydrogen-bond donors (Lipinski definition) is 0. The van der Waals surface area contributed by atoms with Crippen LogP contribution in [0.1, 0.15) is 5.69 Å². The number of piperazine rings is 1. The first-order valence-electron chi connectivity index (χ1n) is 9.93. The van der Waals surface area contributed by atoms with Gasteiger partial charge in [-0.15, -0.1) is 11.3 Å². The predicted molar refractivity (Wildman–Crippen MR) is 121 cm³/mol. The molecule has 3 aromatic rings. The molecule has 10 nitrogen and oxygen atoms in total. The summed E-state index contributed by atoms with van der Waals surface area (Å²) >= 11 is 1.59. The first-order valence-corrected chi connectivity index (χ1v) is 10.8. The van der Waals surface area contributed by atoms with Crippen molar-refractivity contribution in [1.82, 2.24) is 9.88 Å². The van der Waals surface area contributed by atoms with Gasteiger partial charge in [-0.3, -0.25) is 25.1 Å². The van der Waals surface area contributed by atoms with Crippen molar-refractivity contribution in [3.8, 4) is 16.3 Å². The molecule has 0 N–H and O–H groups in total. The first kappa shape index (κ1) is 21.7. The molecule has 0 spiro atoms. The Morgan fingerprint density at radius 3 is 2.38 bits per heavy atom. The summed E-state index contributed by atoms with van der Waals surface area (Å²) < 4.78 is 5.19. The van der Waals surface area contributed by atoms with E-state index in [0.717, 1.165) is 28.1 Å². The average molecular weight is 455 g/mol. The molecule has 0 radical (unpaired) electrons. The number of hydrogen-bond acceptors (Lipinski definition) is 9. The van der Waals surface area contributed by atoms with E-state index < -0.39 is 9.85 Å². The van der Waals surface area contributed by atoms with Gasteiger partial charge < -0.3 is 9.64 Å². The van der Waals surface area contributed by atoms with Crippen LogP contribution in [0.5, 0.6) is 5.75 Å². The topological polar surface area (TPSA) is 115 Å². The molecule has 0 amide bonds. The van der Waals surface area contributed by atoms with E-state index in [0.29, 0.717) is 38.4 Å². The fraction of sp³-hybridized carbons (Fsp3) is 0.286. The summed E-state index contributed by atoms with van der Waals surface area (Å²) in [6, 6.07) is 11.6. The Morgan fingerprint density at radius 2 is 1.75 bits per heavy atom. The average Bonchev–Trinajstić information content (AvgIpc) is 3.27. The molecule has 2 heterocycles. The molecule has 1 fully saturated rings. The molecule has 166 valence electrons. The summed E-state index contributed by atoms with van der Waals surface area (Å²) in [6.07, 6.45) is 0. The lowest BCUT2D eigenvalue weighted by molar-refractivity contribution is -0.393. The van der Waals surface area contributed by atoms with Gasteiger partial charge >= 0.3 is 0 Å². The zero-order valence-electron chi connectivity index (χ0n) is 17.3. The van der Waals surface area contributed by atoms with Crippen LogP contribution in [0, 0.1) is 20.2 Å². The van der Waals surface area contributed by atoms with Gasteiger partial charge in [0.05, 0.1) is 28.7 Å². The van der Waals surface area contributed by atoms with Crippen molar-refractivity contribution in [2.45, 2.75) is 6.54 Å². The Balaban J connectivity index is 1.39. The van der Waals surface area contributed by atoms with E-state index in [1.807, 2.05) is 34.5 Å². The lowest BCUT2D eigenvalue weighted by Gasteiger charge is -2.35. The number of ether oxygens (including phenoxy) is 1. The van der Waals surface area contributed by atoms with E-state index in [-0.39, 0.29) is 11.4 Å². The molecular formula is C21H21N5O5S. The van der Waals surface area contributed by atoms with Crippen LogP contribution in [0.4, 0.5) is 17.1 Å². The Labute approximate surface area is 188 Å². The van der Waals surface area contributed by atoms with E-state index in [1.165, 1.54) is 12.1 Å². The highest BCUT2D eigenvalue weighted by atomic mass is 32.1. The predicted octanol–water partition coefficient (Wildman–Crippen LogP) is 3.96. The number of nitro groups is 2. The second-order valence-electron chi connectivity index (χ2n) is 7.32. The molecular weight excluding hydrogens is 434 g/mol. The first-order chi connectivity index (χ1) is 15.4. The highest BCUT2D eigenvalue weighted by Crippen LogP contribution is 2.33. The van der Waals surface area contributed by atoms with Crippen LogP contribution in [0.25, 0.3) is 10.6 Å². The molecule has 0 atom stereocenters. The van der Waals surface area contributed by atoms with Gasteiger partial charge in [0, 0.05) is 49.7 Å². The fourth-order valence-corrected chi connectivity index (χ4v) is 4.48. The third kappa shape index (κ3) is 4.68. The van der Waals surface area contributed by atoms with Crippen LogP contribution in [0.15, 0.2) is 47.8 Å². The van der Waals surface area contributed by atoms with Gasteiger partial charge in [-0.25, -0.2) is 4.98 Å². The van der Waals surface area contributed by atoms with Gasteiger partial charge in [0.15, 0.2) is 0 Å². The van der Waals surface area contributed by atoms with Crippen LogP contribution in [-0.2, 0) is 6.54 Å². The molecule has 11 heteroatoms. The van der Waals surface area contributed by atoms with Gasteiger partial charge in [-0.1, -0.05) is 0 Å². The van der Waals surface area contributed by atoms with E-state index in [9.17, 15) is 20.2 Å². The molecule has 1 aromatic heterocycles. The smallest absolute Gasteiger partial charge is 0.299 e. The maximum Gasteiger partial charge on any atom is 0.299 e. The minimum Gasteiger partial charge on any atom is -0.497 e. The number of non-ortho nitro benzene ring substituents is 1. The molecule has 2 aromatic carbocycles. The molecule has 1 saturated heterocycles. The van der Waals surface area contributed by atoms with Crippen molar-refractivity contribution < 1.29 is 14.6 Å². The van der Waals surface area contributed by atoms with Gasteiger partial charge in [-0.2, -0.15) is 0 Å². The summed E-state index contributed by atoms with van der Waals surface area (Å²) in [6.45, 7) is 3.30. The van der Waals surface area contributed by atoms with Crippen LogP contribution >= 0.6 is 11.3 Å². The fourth-order valence-electron chi connectivity index (χ4n) is 3.66. The molecule has 32 heavy (non-hydrogen) atoms. The minimum atomic E-state index is -0.622. The zero-order chi connectivity index (χ0) is 22.7. The molecule has 0 bridgehead atoms. The molecule has 0 unspecified atom stereocenters. The minimum absolute atomic E-state index is 0.240. The number of benzene rings is 2. The van der Waals surface area contributed by atoms with Crippen molar-refractivity contribution in [3.63, 3.8) is 0 Å². The second-order valence-corrected chi connectivity index (χ2v) is 8.18. The summed E-state index contributed by atoms with van der Waals surface area (Å²) in [5, 5.41) is 25.4. The summed E-state index contributed by atoms with van der Waals surface area (Å²) in [5.74, 6) is 0.802. The van der Waals surface area contributed by atoms with Gasteiger partial charge in [0.25, 0.3) is 11.4 Å². The van der Waals surface area contributed by atoms with Crippen LogP contribution in [0.2, 0.25) is 0 Å². The Kier molecular flexibility index (Phi) is 6.28. The summed E-state index contributed by atoms with van der Waals surface area (Å²) in [7, 11) is 1.64. The number of methoxy groups -OCH3 is 1. The number of rotatable bonds is 7. The van der Waals surface area contributed by atoms with Crippen molar-refractivity contribution in [1.29, 1.82) is 0 Å². The summed E-state index contributed by atoms with van der Waals surface area (Å²) in [5.41, 5.74) is 1.91. The number of thiazole rings is 1. The van der Waals surface area contributed by atoms with Crippen molar-refractivity contribution in [2.75, 3.05) is 38.2 Å². The SMILES string of the molecule is COc1ccc(-c2nc(CN3CCN(c4ccc([N+](=O)[O-])cc4[N+](=O)[O-])CC3)cs2)cc1. The monoisotopic (exact) mass is 455 g/mol. The van der Waals surface area contributed by atoms with Crippen molar-refractivity contribution in [2.24, 2.45) is 0 Å². The van der Waals surface area contributed by atoms with Gasteiger partial charge in [0.2, 0.25) is 0 Å². The standard InChI is InChI=1S/C21H21N5O5S/c1-31-18-5-2-15(3-6-18)21-22-16(14-32-21)13-23-8-10-24(11-9-23)19-7-4-17(25(27)28)12-20(19)26(29)30/h2-7,12,14H,8-11,13H2,1H3. The van der Waals surface area contributed by atoms with Gasteiger partial charge in [0.1, 0.15) is 16.4 Å². The largest absolute Gasteiger partial charge is 0.497 e. The van der Waals surface area contributed by atoms with Crippen LogP contribution in [-0.4, -0.2) is 53.0 Å². The van der Waals surface area contributed by atoms with Crippen LogP contribution in [0.3, 0.4) is 0 Å². The van der Waals surface area contributed by atoms with Crippen molar-refractivity contribution in [3.05, 3.63) is 73.8 Å². The second kappa shape index (κ2) is 9.28. The molecule has 4 rings (SSSR count). The van der Waals surface area contributed by atoms with E-state index in [1.54, 1.807) is 18.4 Å². The lowest BCUT2D eigenvalue weighted by atomic mass is 10.2. The zero-order valence-corrected chi connectivity index (χ0v) is 18.2. The number of anilines is 1. The highest BCUT2D eigenvalue weighted by Gasteiger charge is 2.26.